The van der Waals surface area contributed by atoms with Gasteiger partial charge in [0.1, 0.15) is 0 Å². The third-order valence-electron chi connectivity index (χ3n) is 4.43. The number of carboxylic acid groups (broad SMARTS) is 1. The number of pyridine rings is 1. The van der Waals surface area contributed by atoms with Crippen LogP contribution in [0.5, 0.6) is 0 Å². The Morgan fingerprint density at radius 2 is 1.52 bits per heavy atom. The van der Waals surface area contributed by atoms with Gasteiger partial charge in [-0.15, -0.1) is 0 Å². The van der Waals surface area contributed by atoms with E-state index < -0.39 is 16.0 Å². The average molecular weight is 404 g/mol. The van der Waals surface area contributed by atoms with Crippen LogP contribution in [0.3, 0.4) is 0 Å². The first-order chi connectivity index (χ1) is 13.9. The van der Waals surface area contributed by atoms with Crippen LogP contribution in [0, 0.1) is 0 Å². The zero-order valence-electron chi connectivity index (χ0n) is 15.1. The SMILES string of the molecule is O=C(O)c1cc(-c2ccc(NS(=O)(=O)c3ccccc3)cc2)nc2ccccc12. The Bertz CT molecular complexity index is 1300. The lowest BCUT2D eigenvalue weighted by molar-refractivity contribution is 0.0699. The molecular weight excluding hydrogens is 388 g/mol. The van der Waals surface area contributed by atoms with E-state index in [1.54, 1.807) is 66.7 Å². The lowest BCUT2D eigenvalue weighted by Gasteiger charge is -2.10. The minimum atomic E-state index is -3.68. The molecular formula is C22H16N2O4S. The molecule has 0 amide bonds. The number of sulfonamides is 1. The third-order valence-corrected chi connectivity index (χ3v) is 5.83. The van der Waals surface area contributed by atoms with Gasteiger partial charge in [-0.25, -0.2) is 18.2 Å². The summed E-state index contributed by atoms with van der Waals surface area (Å²) in [5.74, 6) is -1.03. The topological polar surface area (TPSA) is 96.4 Å². The summed E-state index contributed by atoms with van der Waals surface area (Å²) in [7, 11) is -3.68. The number of benzene rings is 3. The van der Waals surface area contributed by atoms with E-state index in [0.717, 1.165) is 0 Å². The first-order valence-corrected chi connectivity index (χ1v) is 10.2. The highest BCUT2D eigenvalue weighted by atomic mass is 32.2. The van der Waals surface area contributed by atoms with Gasteiger partial charge in [0.2, 0.25) is 0 Å². The maximum atomic E-state index is 12.4. The van der Waals surface area contributed by atoms with E-state index in [-0.39, 0.29) is 10.5 Å². The van der Waals surface area contributed by atoms with Crippen LogP contribution < -0.4 is 4.72 Å². The van der Waals surface area contributed by atoms with Crippen LogP contribution in [-0.2, 0) is 10.0 Å². The fourth-order valence-corrected chi connectivity index (χ4v) is 4.10. The summed E-state index contributed by atoms with van der Waals surface area (Å²) in [6, 6.07) is 23.3. The molecule has 0 aliphatic carbocycles. The number of nitrogens with one attached hydrogen (secondary N) is 1. The molecule has 0 saturated carbocycles. The van der Waals surface area contributed by atoms with Crippen molar-refractivity contribution < 1.29 is 18.3 Å². The van der Waals surface area contributed by atoms with Crippen LogP contribution in [-0.4, -0.2) is 24.5 Å². The van der Waals surface area contributed by atoms with E-state index >= 15 is 0 Å². The van der Waals surface area contributed by atoms with Crippen LogP contribution >= 0.6 is 0 Å². The van der Waals surface area contributed by atoms with Gasteiger partial charge in [0.25, 0.3) is 10.0 Å². The summed E-state index contributed by atoms with van der Waals surface area (Å²) in [5.41, 5.74) is 2.33. The second-order valence-corrected chi connectivity index (χ2v) is 8.06. The predicted molar refractivity (Wildman–Crippen MR) is 111 cm³/mol. The highest BCUT2D eigenvalue weighted by molar-refractivity contribution is 7.92. The van der Waals surface area contributed by atoms with Crippen LogP contribution in [0.4, 0.5) is 5.69 Å². The molecule has 0 atom stereocenters. The zero-order valence-corrected chi connectivity index (χ0v) is 15.9. The molecule has 4 aromatic rings. The molecule has 29 heavy (non-hydrogen) atoms. The lowest BCUT2D eigenvalue weighted by Crippen LogP contribution is -2.12. The summed E-state index contributed by atoms with van der Waals surface area (Å²) in [5, 5.41) is 10.1. The molecule has 1 heterocycles. The number of aromatic carboxylic acids is 1. The van der Waals surface area contributed by atoms with Crippen molar-refractivity contribution in [3.05, 3.63) is 90.5 Å². The standard InChI is InChI=1S/C22H16N2O4S/c25-22(26)19-14-21(23-20-9-5-4-8-18(19)20)15-10-12-16(13-11-15)24-29(27,28)17-6-2-1-3-7-17/h1-14,24H,(H,25,26). The van der Waals surface area contributed by atoms with Crippen LogP contribution in [0.25, 0.3) is 22.2 Å². The zero-order chi connectivity index (χ0) is 20.4. The molecule has 1 aromatic heterocycles. The first-order valence-electron chi connectivity index (χ1n) is 8.75. The van der Waals surface area contributed by atoms with Crippen molar-refractivity contribution in [2.45, 2.75) is 4.90 Å². The van der Waals surface area contributed by atoms with Crippen molar-refractivity contribution in [2.24, 2.45) is 0 Å². The van der Waals surface area contributed by atoms with Gasteiger partial charge >= 0.3 is 5.97 Å². The first kappa shape index (κ1) is 18.6. The predicted octanol–water partition coefficient (Wildman–Crippen LogP) is 4.40. The largest absolute Gasteiger partial charge is 0.478 e. The quantitative estimate of drug-likeness (QED) is 0.514. The second-order valence-electron chi connectivity index (χ2n) is 6.37. The smallest absolute Gasteiger partial charge is 0.336 e. The monoisotopic (exact) mass is 404 g/mol. The Morgan fingerprint density at radius 3 is 2.21 bits per heavy atom. The molecule has 4 rings (SSSR count). The van der Waals surface area contributed by atoms with Gasteiger partial charge in [-0.05, 0) is 36.4 Å². The van der Waals surface area contributed by atoms with E-state index in [1.807, 2.05) is 0 Å². The molecule has 0 unspecified atom stereocenters. The number of hydrogen-bond acceptors (Lipinski definition) is 4. The molecule has 0 aliphatic rings. The van der Waals surface area contributed by atoms with Crippen molar-refractivity contribution >= 4 is 32.6 Å². The highest BCUT2D eigenvalue weighted by Crippen LogP contribution is 2.26. The van der Waals surface area contributed by atoms with Crippen molar-refractivity contribution in [3.8, 4) is 11.3 Å². The van der Waals surface area contributed by atoms with Gasteiger partial charge in [-0.3, -0.25) is 4.72 Å². The van der Waals surface area contributed by atoms with Gasteiger partial charge in [-0.2, -0.15) is 0 Å². The molecule has 0 fully saturated rings. The number of anilines is 1. The van der Waals surface area contributed by atoms with Crippen molar-refractivity contribution in [1.29, 1.82) is 0 Å². The number of carboxylic acids is 1. The number of hydrogen-bond donors (Lipinski definition) is 2. The van der Waals surface area contributed by atoms with Crippen LogP contribution in [0.1, 0.15) is 10.4 Å². The lowest BCUT2D eigenvalue weighted by atomic mass is 10.0. The van der Waals surface area contributed by atoms with Gasteiger partial charge in [0.05, 0.1) is 21.7 Å². The Hall–Kier alpha value is -3.71. The molecule has 0 saturated heterocycles. The molecule has 0 aliphatic heterocycles. The number of carbonyl (C=O) groups is 1. The fraction of sp³-hybridized carbons (Fsp3) is 0. The van der Waals surface area contributed by atoms with Gasteiger partial charge in [-0.1, -0.05) is 48.5 Å². The molecule has 0 bridgehead atoms. The molecule has 0 radical (unpaired) electrons. The summed E-state index contributed by atoms with van der Waals surface area (Å²) in [6.45, 7) is 0. The minimum Gasteiger partial charge on any atom is -0.478 e. The molecule has 6 nitrogen and oxygen atoms in total. The maximum absolute atomic E-state index is 12.4. The van der Waals surface area contributed by atoms with Gasteiger partial charge in [0.15, 0.2) is 0 Å². The second kappa shape index (κ2) is 7.37. The van der Waals surface area contributed by atoms with Crippen LogP contribution in [0.2, 0.25) is 0 Å². The van der Waals surface area contributed by atoms with E-state index in [0.29, 0.717) is 27.8 Å². The number of aromatic nitrogens is 1. The Labute approximate surface area is 167 Å². The Kier molecular flexibility index (Phi) is 4.74. The molecule has 144 valence electrons. The highest BCUT2D eigenvalue weighted by Gasteiger charge is 2.15. The molecule has 0 spiro atoms. The Morgan fingerprint density at radius 1 is 0.862 bits per heavy atom. The van der Waals surface area contributed by atoms with Crippen LogP contribution in [0.15, 0.2) is 89.8 Å². The summed E-state index contributed by atoms with van der Waals surface area (Å²) in [6.07, 6.45) is 0. The van der Waals surface area contributed by atoms with Crippen molar-refractivity contribution in [2.75, 3.05) is 4.72 Å². The number of fused-ring (bicyclic) bond motifs is 1. The fourth-order valence-electron chi connectivity index (χ4n) is 3.02. The van der Waals surface area contributed by atoms with Gasteiger partial charge in [0, 0.05) is 16.6 Å². The summed E-state index contributed by atoms with van der Waals surface area (Å²) in [4.78, 5) is 16.4. The van der Waals surface area contributed by atoms with E-state index in [1.165, 1.54) is 18.2 Å². The van der Waals surface area contributed by atoms with Crippen molar-refractivity contribution in [1.82, 2.24) is 4.98 Å². The Balaban J connectivity index is 1.67. The summed E-state index contributed by atoms with van der Waals surface area (Å²) < 4.78 is 27.4. The maximum Gasteiger partial charge on any atom is 0.336 e. The third kappa shape index (κ3) is 3.81. The number of rotatable bonds is 5. The number of nitrogens with zero attached hydrogens (tertiary/aromatic N) is 1. The normalized spacial score (nSPS) is 11.3. The average Bonchev–Trinajstić information content (AvgIpc) is 2.74. The van der Waals surface area contributed by atoms with E-state index in [9.17, 15) is 18.3 Å². The molecule has 3 aromatic carbocycles. The van der Waals surface area contributed by atoms with Gasteiger partial charge < -0.3 is 5.11 Å². The molecule has 7 heteroatoms. The minimum absolute atomic E-state index is 0.166. The molecule has 2 N–H and O–H groups in total. The van der Waals surface area contributed by atoms with Crippen molar-refractivity contribution in [3.63, 3.8) is 0 Å². The summed E-state index contributed by atoms with van der Waals surface area (Å²) >= 11 is 0. The van der Waals surface area contributed by atoms with E-state index in [4.69, 9.17) is 0 Å². The number of para-hydroxylation sites is 1. The van der Waals surface area contributed by atoms with E-state index in [2.05, 4.69) is 9.71 Å².